The fraction of sp³-hybridized carbons (Fsp3) is 0.235. The molecule has 0 spiro atoms. The second-order valence-corrected chi connectivity index (χ2v) is 4.95. The van der Waals surface area contributed by atoms with E-state index in [2.05, 4.69) is 15.6 Å². The number of guanidine groups is 1. The van der Waals surface area contributed by atoms with E-state index in [9.17, 15) is 8.78 Å². The Bertz CT molecular complexity index is 689. The lowest BCUT2D eigenvalue weighted by molar-refractivity contribution is 0.275. The highest BCUT2D eigenvalue weighted by molar-refractivity contribution is 5.79. The molecule has 4 nitrogen and oxygen atoms in total. The molecule has 0 aliphatic rings. The first kappa shape index (κ1) is 16.9. The van der Waals surface area contributed by atoms with Gasteiger partial charge in [-0.15, -0.1) is 0 Å². The Morgan fingerprint density at radius 1 is 1.00 bits per heavy atom. The molecule has 2 aromatic carbocycles. The molecule has 0 saturated carbocycles. The summed E-state index contributed by atoms with van der Waals surface area (Å²) in [4.78, 5) is 4.06. The number of benzene rings is 2. The van der Waals surface area contributed by atoms with Crippen LogP contribution >= 0.6 is 0 Å². The molecule has 0 radical (unpaired) electrons. The van der Waals surface area contributed by atoms with Crippen molar-refractivity contribution in [1.82, 2.24) is 10.6 Å². The molecule has 0 unspecified atom stereocenters. The number of rotatable bonds is 5. The maximum atomic E-state index is 13.6. The van der Waals surface area contributed by atoms with Crippen LogP contribution in [-0.4, -0.2) is 18.1 Å². The van der Waals surface area contributed by atoms with Gasteiger partial charge in [-0.3, -0.25) is 4.99 Å². The summed E-state index contributed by atoms with van der Waals surface area (Å²) in [7, 11) is 1.61. The summed E-state index contributed by atoms with van der Waals surface area (Å²) in [6, 6.07) is 11.0. The van der Waals surface area contributed by atoms with Crippen LogP contribution in [0.3, 0.4) is 0 Å². The molecule has 0 amide bonds. The largest absolute Gasteiger partial charge is 0.392 e. The van der Waals surface area contributed by atoms with Gasteiger partial charge in [0.25, 0.3) is 0 Å². The van der Waals surface area contributed by atoms with Crippen LogP contribution < -0.4 is 10.6 Å². The summed E-state index contributed by atoms with van der Waals surface area (Å²) < 4.78 is 26.9. The maximum absolute atomic E-state index is 13.6. The molecular formula is C17H19F2N3O. The van der Waals surface area contributed by atoms with Gasteiger partial charge in [-0.05, 0) is 23.8 Å². The molecule has 2 rings (SSSR count). The lowest BCUT2D eigenvalue weighted by Crippen LogP contribution is -2.36. The van der Waals surface area contributed by atoms with Gasteiger partial charge in [0, 0.05) is 31.3 Å². The number of nitrogens with zero attached hydrogens (tertiary/aromatic N) is 1. The van der Waals surface area contributed by atoms with Crippen molar-refractivity contribution in [3.05, 3.63) is 70.8 Å². The molecule has 122 valence electrons. The van der Waals surface area contributed by atoms with Gasteiger partial charge in [-0.1, -0.05) is 24.3 Å². The zero-order chi connectivity index (χ0) is 16.7. The average Bonchev–Trinajstić information content (AvgIpc) is 2.57. The summed E-state index contributed by atoms with van der Waals surface area (Å²) in [5.41, 5.74) is 1.60. The molecular weight excluding hydrogens is 300 g/mol. The van der Waals surface area contributed by atoms with E-state index in [1.807, 2.05) is 0 Å². The molecule has 0 heterocycles. The van der Waals surface area contributed by atoms with Crippen molar-refractivity contribution >= 4 is 5.96 Å². The van der Waals surface area contributed by atoms with Gasteiger partial charge in [-0.25, -0.2) is 8.78 Å². The van der Waals surface area contributed by atoms with Gasteiger partial charge in [0.2, 0.25) is 0 Å². The molecule has 6 heteroatoms. The fourth-order valence-electron chi connectivity index (χ4n) is 2.09. The highest BCUT2D eigenvalue weighted by Crippen LogP contribution is 2.10. The Kier molecular flexibility index (Phi) is 6.05. The summed E-state index contributed by atoms with van der Waals surface area (Å²) in [5.74, 6) is -0.206. The monoisotopic (exact) mass is 319 g/mol. The molecule has 0 bridgehead atoms. The van der Waals surface area contributed by atoms with Crippen molar-refractivity contribution in [1.29, 1.82) is 0 Å². The maximum Gasteiger partial charge on any atom is 0.191 e. The second kappa shape index (κ2) is 8.24. The number of hydrogen-bond donors (Lipinski definition) is 3. The molecule has 0 saturated heterocycles. The van der Waals surface area contributed by atoms with Gasteiger partial charge in [0.05, 0.1) is 6.61 Å². The molecule has 2 aromatic rings. The Balaban J connectivity index is 1.92. The topological polar surface area (TPSA) is 56.7 Å². The van der Waals surface area contributed by atoms with E-state index in [0.717, 1.165) is 5.56 Å². The number of hydrogen-bond acceptors (Lipinski definition) is 2. The molecule has 23 heavy (non-hydrogen) atoms. The lowest BCUT2D eigenvalue weighted by atomic mass is 10.1. The van der Waals surface area contributed by atoms with Gasteiger partial charge < -0.3 is 15.7 Å². The average molecular weight is 319 g/mol. The van der Waals surface area contributed by atoms with Crippen molar-refractivity contribution in [3.63, 3.8) is 0 Å². The van der Waals surface area contributed by atoms with Gasteiger partial charge in [0.1, 0.15) is 11.6 Å². The standard InChI is InChI=1S/C17H19F2N3O/c1-20-17(22-10-13-4-2-3-5-15(13)18)21-9-12-6-7-16(19)14(8-12)11-23/h2-8,23H,9-11H2,1H3,(H2,20,21,22). The minimum absolute atomic E-state index is 0.249. The van der Waals surface area contributed by atoms with Crippen LogP contribution in [0.2, 0.25) is 0 Å². The number of halogens is 2. The Hall–Kier alpha value is -2.47. The molecule has 0 aliphatic carbocycles. The minimum Gasteiger partial charge on any atom is -0.392 e. The van der Waals surface area contributed by atoms with Crippen LogP contribution in [0.4, 0.5) is 8.78 Å². The summed E-state index contributed by atoms with van der Waals surface area (Å²) in [6.45, 7) is 0.363. The quantitative estimate of drug-likeness (QED) is 0.586. The van der Waals surface area contributed by atoms with E-state index >= 15 is 0 Å². The van der Waals surface area contributed by atoms with Crippen molar-refractivity contribution in [3.8, 4) is 0 Å². The summed E-state index contributed by atoms with van der Waals surface area (Å²) in [5, 5.41) is 15.1. The van der Waals surface area contributed by atoms with Crippen molar-refractivity contribution in [2.24, 2.45) is 4.99 Å². The fourth-order valence-corrected chi connectivity index (χ4v) is 2.09. The third-order valence-corrected chi connectivity index (χ3v) is 3.37. The van der Waals surface area contributed by atoms with Crippen molar-refractivity contribution in [2.45, 2.75) is 19.7 Å². The highest BCUT2D eigenvalue weighted by atomic mass is 19.1. The number of aliphatic hydroxyl groups is 1. The molecule has 0 aliphatic heterocycles. The van der Waals surface area contributed by atoms with Crippen molar-refractivity contribution in [2.75, 3.05) is 7.05 Å². The predicted molar refractivity (Wildman–Crippen MR) is 85.8 cm³/mol. The Morgan fingerprint density at radius 3 is 2.39 bits per heavy atom. The van der Waals surface area contributed by atoms with E-state index in [-0.39, 0.29) is 18.0 Å². The van der Waals surface area contributed by atoms with E-state index in [4.69, 9.17) is 5.11 Å². The first-order chi connectivity index (χ1) is 11.1. The highest BCUT2D eigenvalue weighted by Gasteiger charge is 2.05. The number of nitrogens with one attached hydrogen (secondary N) is 2. The van der Waals surface area contributed by atoms with Crippen LogP contribution in [0.1, 0.15) is 16.7 Å². The summed E-state index contributed by atoms with van der Waals surface area (Å²) in [6.07, 6.45) is 0. The van der Waals surface area contributed by atoms with E-state index < -0.39 is 5.82 Å². The SMILES string of the molecule is CN=C(NCc1ccc(F)c(CO)c1)NCc1ccccc1F. The van der Waals surface area contributed by atoms with E-state index in [0.29, 0.717) is 24.6 Å². The first-order valence-electron chi connectivity index (χ1n) is 7.20. The number of aliphatic hydroxyl groups excluding tert-OH is 1. The van der Waals surface area contributed by atoms with Crippen LogP contribution in [0.15, 0.2) is 47.5 Å². The van der Waals surface area contributed by atoms with Crippen molar-refractivity contribution < 1.29 is 13.9 Å². The molecule has 0 atom stereocenters. The van der Waals surface area contributed by atoms with E-state index in [1.165, 1.54) is 12.1 Å². The first-order valence-corrected chi connectivity index (χ1v) is 7.20. The normalized spacial score (nSPS) is 11.4. The minimum atomic E-state index is -0.432. The zero-order valence-electron chi connectivity index (χ0n) is 12.8. The summed E-state index contributed by atoms with van der Waals surface area (Å²) >= 11 is 0. The molecule has 0 fully saturated rings. The van der Waals surface area contributed by atoms with Crippen LogP contribution in [0.5, 0.6) is 0 Å². The van der Waals surface area contributed by atoms with Gasteiger partial charge >= 0.3 is 0 Å². The van der Waals surface area contributed by atoms with Gasteiger partial charge in [0.15, 0.2) is 5.96 Å². The van der Waals surface area contributed by atoms with E-state index in [1.54, 1.807) is 37.4 Å². The second-order valence-electron chi connectivity index (χ2n) is 4.95. The Morgan fingerprint density at radius 2 is 1.70 bits per heavy atom. The predicted octanol–water partition coefficient (Wildman–Crippen LogP) is 2.32. The lowest BCUT2D eigenvalue weighted by Gasteiger charge is -2.13. The number of aliphatic imine (C=N–C) groups is 1. The molecule has 0 aromatic heterocycles. The zero-order valence-corrected chi connectivity index (χ0v) is 12.8. The molecule has 3 N–H and O–H groups in total. The Labute approximate surface area is 133 Å². The van der Waals surface area contributed by atoms with Gasteiger partial charge in [-0.2, -0.15) is 0 Å². The van der Waals surface area contributed by atoms with Crippen LogP contribution in [0, 0.1) is 11.6 Å². The third kappa shape index (κ3) is 4.75. The smallest absolute Gasteiger partial charge is 0.191 e. The third-order valence-electron chi connectivity index (χ3n) is 3.37. The van der Waals surface area contributed by atoms with Crippen LogP contribution in [0.25, 0.3) is 0 Å². The van der Waals surface area contributed by atoms with Crippen LogP contribution in [-0.2, 0) is 19.7 Å².